The van der Waals surface area contributed by atoms with E-state index in [-0.39, 0.29) is 16.5 Å². The average molecular weight is 374 g/mol. The Hall–Kier alpha value is -1.37. The molecular formula is C16H15BrF3NO. The lowest BCUT2D eigenvalue weighted by Gasteiger charge is -2.21. The molecule has 0 saturated carbocycles. The summed E-state index contributed by atoms with van der Waals surface area (Å²) in [6.07, 6.45) is -5.16. The van der Waals surface area contributed by atoms with Gasteiger partial charge in [-0.25, -0.2) is 0 Å². The number of aliphatic hydroxyl groups excluding tert-OH is 1. The van der Waals surface area contributed by atoms with E-state index >= 15 is 0 Å². The molecule has 6 heteroatoms. The van der Waals surface area contributed by atoms with Crippen molar-refractivity contribution in [3.63, 3.8) is 0 Å². The second kappa shape index (κ2) is 6.81. The fraction of sp³-hybridized carbons (Fsp3) is 0.250. The molecule has 0 aliphatic carbocycles. The summed E-state index contributed by atoms with van der Waals surface area (Å²) in [5.74, 6) is 0. The van der Waals surface area contributed by atoms with Crippen molar-refractivity contribution < 1.29 is 18.3 Å². The molecule has 0 radical (unpaired) electrons. The van der Waals surface area contributed by atoms with Gasteiger partial charge in [0, 0.05) is 10.9 Å². The Bertz CT molecular complexity index is 631. The highest BCUT2D eigenvalue weighted by atomic mass is 79.9. The van der Waals surface area contributed by atoms with Gasteiger partial charge in [0.25, 0.3) is 0 Å². The number of benzene rings is 2. The second-order valence-electron chi connectivity index (χ2n) is 5.05. The molecule has 0 heterocycles. The Labute approximate surface area is 134 Å². The minimum Gasteiger partial charge on any atom is -0.391 e. The summed E-state index contributed by atoms with van der Waals surface area (Å²) in [5.41, 5.74) is 6.25. The molecule has 0 unspecified atom stereocenters. The van der Waals surface area contributed by atoms with E-state index in [2.05, 4.69) is 15.9 Å². The lowest BCUT2D eigenvalue weighted by molar-refractivity contribution is -0.137. The zero-order valence-corrected chi connectivity index (χ0v) is 13.1. The zero-order chi connectivity index (χ0) is 16.3. The Kier molecular flexibility index (Phi) is 5.26. The normalized spacial score (nSPS) is 14.6. The molecule has 0 bridgehead atoms. The first-order valence-corrected chi connectivity index (χ1v) is 7.42. The van der Waals surface area contributed by atoms with Crippen molar-refractivity contribution in [2.24, 2.45) is 5.73 Å². The smallest absolute Gasteiger partial charge is 0.391 e. The van der Waals surface area contributed by atoms with Crippen LogP contribution < -0.4 is 5.73 Å². The third kappa shape index (κ3) is 4.32. The summed E-state index contributed by atoms with van der Waals surface area (Å²) < 4.78 is 38.8. The predicted molar refractivity (Wildman–Crippen MR) is 82.2 cm³/mol. The standard InChI is InChI=1S/C16H15BrF3NO/c17-13-8-11(7-12(9-13)16(18,19)20)15(21)14(22)6-10-4-2-1-3-5-10/h1-5,7-9,14-15,22H,6,21H2/t14-,15+/m0/s1. The summed E-state index contributed by atoms with van der Waals surface area (Å²) in [4.78, 5) is 0. The maximum atomic E-state index is 12.8. The topological polar surface area (TPSA) is 46.2 Å². The van der Waals surface area contributed by atoms with Gasteiger partial charge in [0.2, 0.25) is 0 Å². The molecule has 0 aliphatic heterocycles. The highest BCUT2D eigenvalue weighted by Crippen LogP contribution is 2.33. The largest absolute Gasteiger partial charge is 0.416 e. The summed E-state index contributed by atoms with van der Waals surface area (Å²) in [5, 5.41) is 10.2. The Morgan fingerprint density at radius 3 is 2.32 bits per heavy atom. The van der Waals surface area contributed by atoms with Gasteiger partial charge in [0.15, 0.2) is 0 Å². The Morgan fingerprint density at radius 1 is 1.09 bits per heavy atom. The summed E-state index contributed by atoms with van der Waals surface area (Å²) in [7, 11) is 0. The Morgan fingerprint density at radius 2 is 1.73 bits per heavy atom. The maximum absolute atomic E-state index is 12.8. The van der Waals surface area contributed by atoms with Crippen LogP contribution in [-0.2, 0) is 12.6 Å². The molecular weight excluding hydrogens is 359 g/mol. The molecule has 0 spiro atoms. The van der Waals surface area contributed by atoms with Crippen molar-refractivity contribution in [2.75, 3.05) is 0 Å². The van der Waals surface area contributed by atoms with E-state index < -0.39 is 23.9 Å². The molecule has 2 nitrogen and oxygen atoms in total. The van der Waals surface area contributed by atoms with Crippen LogP contribution >= 0.6 is 15.9 Å². The fourth-order valence-corrected chi connectivity index (χ4v) is 2.68. The van der Waals surface area contributed by atoms with Crippen molar-refractivity contribution in [1.82, 2.24) is 0 Å². The number of hydrogen-bond acceptors (Lipinski definition) is 2. The van der Waals surface area contributed by atoms with Crippen LogP contribution in [-0.4, -0.2) is 11.2 Å². The molecule has 2 aromatic carbocycles. The van der Waals surface area contributed by atoms with Crippen LogP contribution in [0.5, 0.6) is 0 Å². The number of halogens is 4. The molecule has 2 aromatic rings. The van der Waals surface area contributed by atoms with Crippen LogP contribution in [0.4, 0.5) is 13.2 Å². The van der Waals surface area contributed by atoms with Crippen molar-refractivity contribution >= 4 is 15.9 Å². The molecule has 0 aromatic heterocycles. The minimum atomic E-state index is -4.46. The van der Waals surface area contributed by atoms with Gasteiger partial charge in [0.05, 0.1) is 17.7 Å². The van der Waals surface area contributed by atoms with Gasteiger partial charge in [-0.15, -0.1) is 0 Å². The molecule has 0 fully saturated rings. The van der Waals surface area contributed by atoms with E-state index in [1.54, 1.807) is 0 Å². The number of aliphatic hydroxyl groups is 1. The zero-order valence-electron chi connectivity index (χ0n) is 11.5. The maximum Gasteiger partial charge on any atom is 0.416 e. The molecule has 3 N–H and O–H groups in total. The summed E-state index contributed by atoms with van der Waals surface area (Å²) in [6, 6.07) is 11.7. The van der Waals surface area contributed by atoms with Gasteiger partial charge >= 0.3 is 6.18 Å². The van der Waals surface area contributed by atoms with E-state index in [9.17, 15) is 18.3 Å². The van der Waals surface area contributed by atoms with Gasteiger partial charge in [-0.1, -0.05) is 46.3 Å². The number of alkyl halides is 3. The van der Waals surface area contributed by atoms with Crippen molar-refractivity contribution in [3.8, 4) is 0 Å². The van der Waals surface area contributed by atoms with Gasteiger partial charge in [-0.2, -0.15) is 13.2 Å². The van der Waals surface area contributed by atoms with Gasteiger partial charge < -0.3 is 10.8 Å². The minimum absolute atomic E-state index is 0.241. The predicted octanol–water partition coefficient (Wildman–Crippen LogP) is 4.07. The van der Waals surface area contributed by atoms with E-state index in [1.165, 1.54) is 6.07 Å². The lowest BCUT2D eigenvalue weighted by Crippen LogP contribution is -2.28. The highest BCUT2D eigenvalue weighted by molar-refractivity contribution is 9.10. The van der Waals surface area contributed by atoms with Crippen molar-refractivity contribution in [3.05, 3.63) is 69.7 Å². The third-order valence-electron chi connectivity index (χ3n) is 3.33. The quantitative estimate of drug-likeness (QED) is 0.848. The molecule has 2 rings (SSSR count). The monoisotopic (exact) mass is 373 g/mol. The third-order valence-corrected chi connectivity index (χ3v) is 3.79. The first kappa shape index (κ1) is 17.0. The molecule has 0 amide bonds. The van der Waals surface area contributed by atoms with Crippen LogP contribution in [0.25, 0.3) is 0 Å². The molecule has 118 valence electrons. The van der Waals surface area contributed by atoms with Crippen molar-refractivity contribution in [1.29, 1.82) is 0 Å². The molecule has 22 heavy (non-hydrogen) atoms. The van der Waals surface area contributed by atoms with Gasteiger partial charge in [-0.05, 0) is 29.3 Å². The lowest BCUT2D eigenvalue weighted by atomic mass is 9.95. The van der Waals surface area contributed by atoms with E-state index in [4.69, 9.17) is 5.73 Å². The molecule has 0 saturated heterocycles. The highest BCUT2D eigenvalue weighted by Gasteiger charge is 2.32. The van der Waals surface area contributed by atoms with Gasteiger partial charge in [-0.3, -0.25) is 0 Å². The van der Waals surface area contributed by atoms with Crippen LogP contribution in [0, 0.1) is 0 Å². The first-order valence-electron chi connectivity index (χ1n) is 6.62. The number of hydrogen-bond donors (Lipinski definition) is 2. The summed E-state index contributed by atoms with van der Waals surface area (Å²) in [6.45, 7) is 0. The SMILES string of the molecule is N[C@H](c1cc(Br)cc(C(F)(F)F)c1)[C@@H](O)Cc1ccccc1. The van der Waals surface area contributed by atoms with E-state index in [0.29, 0.717) is 0 Å². The second-order valence-corrected chi connectivity index (χ2v) is 5.97. The summed E-state index contributed by atoms with van der Waals surface area (Å²) >= 11 is 3.05. The van der Waals surface area contributed by atoms with Crippen LogP contribution in [0.1, 0.15) is 22.7 Å². The Balaban J connectivity index is 2.21. The fourth-order valence-electron chi connectivity index (χ4n) is 2.17. The van der Waals surface area contributed by atoms with Gasteiger partial charge in [0.1, 0.15) is 0 Å². The average Bonchev–Trinajstić information content (AvgIpc) is 2.46. The van der Waals surface area contributed by atoms with Crippen LogP contribution in [0.2, 0.25) is 0 Å². The molecule has 0 aliphatic rings. The van der Waals surface area contributed by atoms with Crippen LogP contribution in [0.15, 0.2) is 53.0 Å². The van der Waals surface area contributed by atoms with E-state index in [1.807, 2.05) is 30.3 Å². The van der Waals surface area contributed by atoms with Crippen LogP contribution in [0.3, 0.4) is 0 Å². The number of nitrogens with two attached hydrogens (primary N) is 1. The first-order chi connectivity index (χ1) is 10.3. The van der Waals surface area contributed by atoms with E-state index in [0.717, 1.165) is 17.7 Å². The molecule has 2 atom stereocenters. The number of rotatable bonds is 4. The van der Waals surface area contributed by atoms with Crippen molar-refractivity contribution in [2.45, 2.75) is 24.7 Å².